The van der Waals surface area contributed by atoms with E-state index in [-0.39, 0.29) is 23.8 Å². The summed E-state index contributed by atoms with van der Waals surface area (Å²) >= 11 is 0. The molecule has 0 aliphatic heterocycles. The summed E-state index contributed by atoms with van der Waals surface area (Å²) in [5.41, 5.74) is 5.84. The Morgan fingerprint density at radius 1 is 1.15 bits per heavy atom. The van der Waals surface area contributed by atoms with E-state index < -0.39 is 0 Å². The fraction of sp³-hybridized carbons (Fsp3) is 0.231. The molecule has 33 heavy (non-hydrogen) atoms. The van der Waals surface area contributed by atoms with Gasteiger partial charge in [0.1, 0.15) is 17.9 Å². The molecule has 0 saturated heterocycles. The number of fused-ring (bicyclic) bond motifs is 1. The van der Waals surface area contributed by atoms with Crippen LogP contribution in [0.25, 0.3) is 17.2 Å². The molecule has 0 saturated carbocycles. The second kappa shape index (κ2) is 9.32. The third-order valence-corrected chi connectivity index (χ3v) is 5.78. The number of carbonyl (C=O) groups is 1. The van der Waals surface area contributed by atoms with Crippen molar-refractivity contribution in [2.45, 2.75) is 26.2 Å². The molecule has 1 aliphatic carbocycles. The number of phenols is 1. The number of phenolic OH excluding ortho intramolecular Hbond substituents is 1. The Labute approximate surface area is 191 Å². The van der Waals surface area contributed by atoms with Crippen molar-refractivity contribution in [2.75, 3.05) is 14.2 Å². The number of benzene rings is 2. The molecular formula is C26H24FNO5. The zero-order chi connectivity index (χ0) is 23.5. The first-order valence-electron chi connectivity index (χ1n) is 10.5. The van der Waals surface area contributed by atoms with E-state index in [0.717, 1.165) is 33.4 Å². The normalized spacial score (nSPS) is 14.0. The highest BCUT2D eigenvalue weighted by molar-refractivity contribution is 6.05. The first kappa shape index (κ1) is 22.3. The van der Waals surface area contributed by atoms with Gasteiger partial charge in [-0.25, -0.2) is 9.37 Å². The van der Waals surface area contributed by atoms with Crippen LogP contribution in [0.1, 0.15) is 42.1 Å². The second-order valence-electron chi connectivity index (χ2n) is 7.82. The fourth-order valence-corrected chi connectivity index (χ4v) is 4.12. The average Bonchev–Trinajstić information content (AvgIpc) is 3.39. The molecule has 1 N–H and O–H groups in total. The lowest BCUT2D eigenvalue weighted by molar-refractivity contribution is -0.118. The molecule has 1 heterocycles. The Morgan fingerprint density at radius 3 is 2.52 bits per heavy atom. The van der Waals surface area contributed by atoms with Crippen molar-refractivity contribution in [1.82, 2.24) is 4.98 Å². The second-order valence-corrected chi connectivity index (χ2v) is 7.82. The zero-order valence-corrected chi connectivity index (χ0v) is 18.6. The molecule has 0 radical (unpaired) electrons. The maximum absolute atomic E-state index is 14.1. The Balaban J connectivity index is 1.69. The van der Waals surface area contributed by atoms with Gasteiger partial charge in [-0.2, -0.15) is 0 Å². The smallest absolute Gasteiger partial charge is 0.200 e. The number of halogens is 1. The van der Waals surface area contributed by atoms with Crippen molar-refractivity contribution >= 4 is 23.0 Å². The number of ketones is 1. The standard InChI is InChI=1S/C26H24FNO5/c1-15-20(7-5-19(29)12-18-13-33-14-28-18)23-11-17(27)4-6-21(23)22(15)8-16-9-24(31-2)26(30)25(10-16)32-3/h4,6,8-11,13-14,30H,5,7,12H2,1-3H3/b22-8-. The summed E-state index contributed by atoms with van der Waals surface area (Å²) in [5, 5.41) is 10.2. The van der Waals surface area contributed by atoms with E-state index in [1.807, 2.05) is 13.0 Å². The molecule has 0 atom stereocenters. The Bertz CT molecular complexity index is 1230. The van der Waals surface area contributed by atoms with Crippen LogP contribution in [0.3, 0.4) is 0 Å². The predicted molar refractivity (Wildman–Crippen MR) is 123 cm³/mol. The van der Waals surface area contributed by atoms with Gasteiger partial charge < -0.3 is 19.0 Å². The minimum Gasteiger partial charge on any atom is -0.502 e. The van der Waals surface area contributed by atoms with Gasteiger partial charge in [-0.3, -0.25) is 4.79 Å². The van der Waals surface area contributed by atoms with E-state index in [1.165, 1.54) is 39.0 Å². The number of aromatic hydroxyl groups is 1. The van der Waals surface area contributed by atoms with E-state index >= 15 is 0 Å². The number of hydrogen-bond acceptors (Lipinski definition) is 6. The van der Waals surface area contributed by atoms with Crippen LogP contribution >= 0.6 is 0 Å². The van der Waals surface area contributed by atoms with Crippen LogP contribution in [-0.2, 0) is 11.2 Å². The molecule has 0 bridgehead atoms. The van der Waals surface area contributed by atoms with E-state index in [1.54, 1.807) is 18.2 Å². The highest BCUT2D eigenvalue weighted by Crippen LogP contribution is 2.45. The zero-order valence-electron chi connectivity index (χ0n) is 18.6. The maximum atomic E-state index is 14.1. The van der Waals surface area contributed by atoms with Gasteiger partial charge in [-0.15, -0.1) is 0 Å². The first-order chi connectivity index (χ1) is 15.9. The number of allylic oxidation sites excluding steroid dienone is 3. The summed E-state index contributed by atoms with van der Waals surface area (Å²) in [6.45, 7) is 1.97. The number of rotatable bonds is 8. The van der Waals surface area contributed by atoms with Gasteiger partial charge in [0.15, 0.2) is 17.9 Å². The van der Waals surface area contributed by atoms with Crippen molar-refractivity contribution in [3.8, 4) is 17.2 Å². The molecular weight excluding hydrogens is 425 g/mol. The van der Waals surface area contributed by atoms with E-state index in [9.17, 15) is 14.3 Å². The number of aromatic nitrogens is 1. The van der Waals surface area contributed by atoms with Crippen molar-refractivity contribution in [1.29, 1.82) is 0 Å². The number of nitrogens with zero attached hydrogens (tertiary/aromatic N) is 1. The van der Waals surface area contributed by atoms with Crippen molar-refractivity contribution in [3.63, 3.8) is 0 Å². The summed E-state index contributed by atoms with van der Waals surface area (Å²) in [5.74, 6) is 0.210. The quantitative estimate of drug-likeness (QED) is 0.492. The number of oxazole rings is 1. The molecule has 2 aromatic carbocycles. The minimum atomic E-state index is -0.331. The number of methoxy groups -OCH3 is 2. The molecule has 1 aliphatic rings. The summed E-state index contributed by atoms with van der Waals surface area (Å²) in [7, 11) is 2.94. The molecule has 1 aromatic heterocycles. The van der Waals surface area contributed by atoms with Gasteiger partial charge in [-0.05, 0) is 77.1 Å². The fourth-order valence-electron chi connectivity index (χ4n) is 4.12. The van der Waals surface area contributed by atoms with Gasteiger partial charge in [0.2, 0.25) is 5.75 Å². The van der Waals surface area contributed by atoms with E-state index in [2.05, 4.69) is 4.98 Å². The summed E-state index contributed by atoms with van der Waals surface area (Å²) in [6.07, 6.45) is 5.71. The van der Waals surface area contributed by atoms with Gasteiger partial charge in [0.05, 0.1) is 26.3 Å². The molecule has 4 rings (SSSR count). The Hall–Kier alpha value is -3.87. The average molecular weight is 449 g/mol. The molecule has 3 aromatic rings. The van der Waals surface area contributed by atoms with Crippen LogP contribution in [0.2, 0.25) is 0 Å². The Morgan fingerprint density at radius 2 is 1.88 bits per heavy atom. The van der Waals surface area contributed by atoms with Gasteiger partial charge >= 0.3 is 0 Å². The van der Waals surface area contributed by atoms with E-state index in [0.29, 0.717) is 30.0 Å². The van der Waals surface area contributed by atoms with Crippen LogP contribution in [0, 0.1) is 5.82 Å². The monoisotopic (exact) mass is 449 g/mol. The summed E-state index contributed by atoms with van der Waals surface area (Å²) in [4.78, 5) is 16.4. The number of ether oxygens (including phenoxy) is 2. The predicted octanol–water partition coefficient (Wildman–Crippen LogP) is 5.46. The van der Waals surface area contributed by atoms with Crippen LogP contribution in [0.4, 0.5) is 4.39 Å². The van der Waals surface area contributed by atoms with Crippen LogP contribution in [-0.4, -0.2) is 30.1 Å². The third-order valence-electron chi connectivity index (χ3n) is 5.78. The lowest BCUT2D eigenvalue weighted by Gasteiger charge is -2.11. The lowest BCUT2D eigenvalue weighted by atomic mass is 9.98. The van der Waals surface area contributed by atoms with E-state index in [4.69, 9.17) is 13.9 Å². The summed E-state index contributed by atoms with van der Waals surface area (Å²) in [6, 6.07) is 8.10. The molecule has 0 amide bonds. The highest BCUT2D eigenvalue weighted by Gasteiger charge is 2.25. The van der Waals surface area contributed by atoms with Gasteiger partial charge in [0, 0.05) is 6.42 Å². The van der Waals surface area contributed by atoms with Gasteiger partial charge in [-0.1, -0.05) is 6.07 Å². The lowest BCUT2D eigenvalue weighted by Crippen LogP contribution is -2.03. The third kappa shape index (κ3) is 4.53. The van der Waals surface area contributed by atoms with Crippen LogP contribution < -0.4 is 9.47 Å². The maximum Gasteiger partial charge on any atom is 0.200 e. The van der Waals surface area contributed by atoms with Crippen molar-refractivity contribution in [3.05, 3.63) is 76.8 Å². The molecule has 7 heteroatoms. The molecule has 6 nitrogen and oxygen atoms in total. The number of carbonyl (C=O) groups excluding carboxylic acids is 1. The number of Topliss-reactive ketones (excluding diaryl/α,β-unsaturated/α-hetero) is 1. The van der Waals surface area contributed by atoms with Crippen LogP contribution in [0.15, 0.2) is 53.0 Å². The minimum absolute atomic E-state index is 0.0348. The Kier molecular flexibility index (Phi) is 6.31. The van der Waals surface area contributed by atoms with Crippen molar-refractivity contribution in [2.24, 2.45) is 0 Å². The van der Waals surface area contributed by atoms with Crippen molar-refractivity contribution < 1.29 is 28.2 Å². The largest absolute Gasteiger partial charge is 0.502 e. The highest BCUT2D eigenvalue weighted by atomic mass is 19.1. The SMILES string of the molecule is COc1cc(/C=C2/C(C)=C(CCC(=O)Cc3cocn3)c3cc(F)ccc32)cc(OC)c1O. The molecule has 170 valence electrons. The molecule has 0 fully saturated rings. The van der Waals surface area contributed by atoms with Crippen LogP contribution in [0.5, 0.6) is 17.2 Å². The first-order valence-corrected chi connectivity index (χ1v) is 10.5. The summed E-state index contributed by atoms with van der Waals surface area (Å²) < 4.78 is 29.6. The molecule has 0 unspecified atom stereocenters. The number of hydrogen-bond donors (Lipinski definition) is 1. The topological polar surface area (TPSA) is 81.8 Å². The molecule has 0 spiro atoms. The van der Waals surface area contributed by atoms with Gasteiger partial charge in [0.25, 0.3) is 0 Å².